The second kappa shape index (κ2) is 12.7. The Labute approximate surface area is 271 Å². The largest absolute Gasteiger partial charge is 4.00 e. The van der Waals surface area contributed by atoms with Gasteiger partial charge in [-0.15, -0.1) is 82.2 Å². The Morgan fingerprint density at radius 2 is 1.05 bits per heavy atom. The van der Waals surface area contributed by atoms with E-state index in [4.69, 9.17) is 0 Å². The van der Waals surface area contributed by atoms with Crippen LogP contribution in [0.25, 0.3) is 54.7 Å². The van der Waals surface area contributed by atoms with E-state index >= 15 is 0 Å². The maximum absolute atomic E-state index is 2.37. The molecule has 0 atom stereocenters. The van der Waals surface area contributed by atoms with Crippen LogP contribution in [0.15, 0.2) is 134 Å². The van der Waals surface area contributed by atoms with Crippen molar-refractivity contribution in [1.82, 2.24) is 9.13 Å². The van der Waals surface area contributed by atoms with E-state index in [-0.39, 0.29) is 51.0 Å². The molecule has 8 aromatic rings. The number of hydrogen-bond acceptors (Lipinski definition) is 0. The quantitative estimate of drug-likeness (QED) is 0.253. The summed E-state index contributed by atoms with van der Waals surface area (Å²) >= 11 is 0. The first kappa shape index (κ1) is 30.6. The third-order valence-corrected chi connectivity index (χ3v) is 7.77. The van der Waals surface area contributed by atoms with Crippen LogP contribution in [-0.4, -0.2) is 9.13 Å². The number of aromatic nitrogens is 2. The van der Waals surface area contributed by atoms with Crippen molar-refractivity contribution in [1.29, 1.82) is 0 Å². The molecule has 0 amide bonds. The number of fused-ring (bicyclic) bond motifs is 4. The number of rotatable bonds is 2. The zero-order chi connectivity index (χ0) is 25.6. The normalized spacial score (nSPS) is 10.6. The summed E-state index contributed by atoms with van der Waals surface area (Å²) in [6, 6.07) is 45.3. The number of para-hydroxylation sites is 2. The minimum atomic E-state index is 0. The second-order valence-electron chi connectivity index (χ2n) is 9.99. The molecule has 0 N–H and O–H groups in total. The Balaban J connectivity index is 0.000000177. The Morgan fingerprint density at radius 3 is 1.71 bits per heavy atom. The maximum atomic E-state index is 2.37. The molecule has 0 saturated heterocycles. The van der Waals surface area contributed by atoms with Gasteiger partial charge in [0, 0.05) is 17.3 Å². The number of benzene rings is 4. The molecule has 2 nitrogen and oxygen atoms in total. The molecule has 0 fully saturated rings. The fourth-order valence-electron chi connectivity index (χ4n) is 5.71. The molecule has 2 heterocycles. The second-order valence-corrected chi connectivity index (χ2v) is 9.99. The monoisotopic (exact) mass is 648 g/mol. The topological polar surface area (TPSA) is 9.86 Å². The number of nitrogens with zero attached hydrogens (tertiary/aromatic N) is 2. The van der Waals surface area contributed by atoms with Crippen molar-refractivity contribution in [2.45, 2.75) is 13.8 Å². The minimum Gasteiger partial charge on any atom is -1.00 e. The van der Waals surface area contributed by atoms with Crippen LogP contribution in [-0.2, 0) is 26.2 Å². The minimum absolute atomic E-state index is 0. The van der Waals surface area contributed by atoms with E-state index in [1.807, 2.05) is 0 Å². The molecule has 8 rings (SSSR count). The van der Waals surface area contributed by atoms with Crippen LogP contribution in [0.3, 0.4) is 0 Å². The molecule has 0 bridgehead atoms. The molecule has 0 spiro atoms. The van der Waals surface area contributed by atoms with Gasteiger partial charge in [-0.2, -0.15) is 0 Å². The van der Waals surface area contributed by atoms with Gasteiger partial charge in [0.1, 0.15) is 0 Å². The van der Waals surface area contributed by atoms with Crippen LogP contribution in [0, 0.1) is 13.8 Å². The van der Waals surface area contributed by atoms with E-state index < -0.39 is 0 Å². The van der Waals surface area contributed by atoms with Crippen LogP contribution in [0.1, 0.15) is 11.3 Å². The Bertz CT molecular complexity index is 2010. The van der Waals surface area contributed by atoms with Crippen molar-refractivity contribution in [3.63, 3.8) is 0 Å². The summed E-state index contributed by atoms with van der Waals surface area (Å²) in [5.41, 5.74) is 7.73. The van der Waals surface area contributed by atoms with Crippen molar-refractivity contribution in [2.75, 3.05) is 0 Å². The van der Waals surface area contributed by atoms with Gasteiger partial charge in [0.15, 0.2) is 0 Å². The van der Waals surface area contributed by atoms with E-state index in [0.717, 1.165) is 0 Å². The van der Waals surface area contributed by atoms with Gasteiger partial charge in [-0.3, -0.25) is 0 Å². The molecule has 0 aliphatic rings. The smallest absolute Gasteiger partial charge is 1.00 e. The summed E-state index contributed by atoms with van der Waals surface area (Å²) in [5.74, 6) is 0. The molecular formula is C36H28Cl2N2Zr. The summed E-state index contributed by atoms with van der Waals surface area (Å²) in [4.78, 5) is 0. The molecule has 2 aromatic heterocycles. The summed E-state index contributed by atoms with van der Waals surface area (Å²) < 4.78 is 4.61. The molecule has 0 radical (unpaired) electrons. The molecule has 0 saturated carbocycles. The average Bonchev–Trinajstić information content (AvgIpc) is 3.72. The van der Waals surface area contributed by atoms with E-state index in [1.165, 1.54) is 66.0 Å². The molecule has 41 heavy (non-hydrogen) atoms. The van der Waals surface area contributed by atoms with Gasteiger partial charge in [-0.1, -0.05) is 48.5 Å². The van der Waals surface area contributed by atoms with Crippen molar-refractivity contribution in [3.05, 3.63) is 145 Å². The number of aryl methyl sites for hydroxylation is 1. The third kappa shape index (κ3) is 5.47. The average molecular weight is 651 g/mol. The van der Waals surface area contributed by atoms with Gasteiger partial charge < -0.3 is 33.9 Å². The standard InChI is InChI=1S/C19H16N.C17H12N.2ClH.Zr/c1-13-14(2)20(19-10-6-5-9-18(13)19)17-11-15-7-3-4-8-16(15)12-17;1-2-7-15-12-16(11-14(15)6-1)18-10-9-13-5-3-4-8-17(13)18;;;/h3-12H,1-2H3;1-12H;2*1H;/q2*-1;;;+4/p-2. The Hall–Kier alpha value is -3.36. The number of halogens is 2. The Kier molecular flexibility index (Phi) is 9.45. The summed E-state index contributed by atoms with van der Waals surface area (Å²) in [6.07, 6.45) is 2.14. The summed E-state index contributed by atoms with van der Waals surface area (Å²) in [6.45, 7) is 4.41. The zero-order valence-corrected chi connectivity index (χ0v) is 26.8. The molecule has 0 aliphatic heterocycles. The first-order valence-corrected chi connectivity index (χ1v) is 13.1. The van der Waals surface area contributed by atoms with E-state index in [1.54, 1.807) is 0 Å². The third-order valence-electron chi connectivity index (χ3n) is 7.77. The molecule has 200 valence electrons. The van der Waals surface area contributed by atoms with Gasteiger partial charge in [-0.05, 0) is 54.4 Å². The molecule has 5 heteroatoms. The zero-order valence-electron chi connectivity index (χ0n) is 22.9. The van der Waals surface area contributed by atoms with Crippen LogP contribution < -0.4 is 24.8 Å². The van der Waals surface area contributed by atoms with Gasteiger partial charge in [-0.25, -0.2) is 0 Å². The fourth-order valence-corrected chi connectivity index (χ4v) is 5.71. The van der Waals surface area contributed by atoms with E-state index in [2.05, 4.69) is 157 Å². The van der Waals surface area contributed by atoms with Gasteiger partial charge in [0.2, 0.25) is 0 Å². The van der Waals surface area contributed by atoms with Crippen LogP contribution in [0.5, 0.6) is 0 Å². The van der Waals surface area contributed by atoms with Crippen LogP contribution >= 0.6 is 0 Å². The maximum Gasteiger partial charge on any atom is 4.00 e. The SMILES string of the molecule is Cc1c(C)n(-c2cc3ccccc3[cH-]2)c2ccccc12.[Cl-].[Cl-].[Zr+4].c1ccc2[cH-]c(-n3ccc4ccccc43)cc2c1. The van der Waals surface area contributed by atoms with Crippen LogP contribution in [0.4, 0.5) is 0 Å². The van der Waals surface area contributed by atoms with Gasteiger partial charge in [0.25, 0.3) is 0 Å². The summed E-state index contributed by atoms with van der Waals surface area (Å²) in [7, 11) is 0. The number of hydrogen-bond donors (Lipinski definition) is 0. The van der Waals surface area contributed by atoms with Crippen molar-refractivity contribution in [3.8, 4) is 11.4 Å². The fraction of sp³-hybridized carbons (Fsp3) is 0.0556. The summed E-state index contributed by atoms with van der Waals surface area (Å²) in [5, 5.41) is 7.82. The van der Waals surface area contributed by atoms with Gasteiger partial charge >= 0.3 is 26.2 Å². The molecule has 0 aliphatic carbocycles. The first-order valence-electron chi connectivity index (χ1n) is 13.1. The predicted molar refractivity (Wildman–Crippen MR) is 162 cm³/mol. The van der Waals surface area contributed by atoms with E-state index in [0.29, 0.717) is 0 Å². The molecular weight excluding hydrogens is 623 g/mol. The predicted octanol–water partition coefficient (Wildman–Crippen LogP) is 3.63. The van der Waals surface area contributed by atoms with Crippen molar-refractivity contribution in [2.24, 2.45) is 0 Å². The molecule has 6 aromatic carbocycles. The van der Waals surface area contributed by atoms with Crippen LogP contribution in [0.2, 0.25) is 0 Å². The molecule has 0 unspecified atom stereocenters. The van der Waals surface area contributed by atoms with Crippen molar-refractivity contribution >= 4 is 43.4 Å². The van der Waals surface area contributed by atoms with E-state index in [9.17, 15) is 0 Å². The van der Waals surface area contributed by atoms with Crippen molar-refractivity contribution < 1.29 is 51.0 Å². The Morgan fingerprint density at radius 1 is 0.537 bits per heavy atom. The van der Waals surface area contributed by atoms with Gasteiger partial charge in [0.05, 0.1) is 11.0 Å². The first-order chi connectivity index (χ1) is 18.7.